The maximum atomic E-state index is 6.09. The number of rotatable bonds is 2. The topological polar surface area (TPSA) is 18.5 Å². The molecule has 0 saturated carbocycles. The first kappa shape index (κ1) is 13.9. The Balaban J connectivity index is 2.18. The first-order valence-electron chi connectivity index (χ1n) is 6.86. The van der Waals surface area contributed by atoms with Gasteiger partial charge in [-0.15, -0.1) is 0 Å². The van der Waals surface area contributed by atoms with Crippen LogP contribution in [0.3, 0.4) is 0 Å². The van der Waals surface area contributed by atoms with Gasteiger partial charge in [0.2, 0.25) is 0 Å². The summed E-state index contributed by atoms with van der Waals surface area (Å²) in [5.41, 5.74) is 2.45. The van der Waals surface area contributed by atoms with E-state index in [2.05, 4.69) is 62.6 Å². The van der Waals surface area contributed by atoms with Gasteiger partial charge in [-0.3, -0.25) is 0 Å². The Bertz CT molecular complexity index is 408. The highest BCUT2D eigenvalue weighted by Crippen LogP contribution is 2.28. The van der Waals surface area contributed by atoms with Gasteiger partial charge in [-0.1, -0.05) is 31.2 Å². The van der Waals surface area contributed by atoms with Crippen LogP contribution in [0.2, 0.25) is 5.82 Å². The molecule has 1 aliphatic rings. The molecule has 2 rings (SSSR count). The zero-order valence-electron chi connectivity index (χ0n) is 12.1. The fourth-order valence-electron chi connectivity index (χ4n) is 2.35. The molecule has 90 valence electrons. The second kappa shape index (κ2) is 5.22. The summed E-state index contributed by atoms with van der Waals surface area (Å²) in [5.74, 6) is 0.392. The molecule has 1 aromatic carbocycles. The Morgan fingerprint density at radius 1 is 1.22 bits per heavy atom. The minimum atomic E-state index is -0.239. The van der Waals surface area contributed by atoms with Gasteiger partial charge in [0.25, 0.3) is 0 Å². The van der Waals surface area contributed by atoms with E-state index in [1.807, 2.05) is 0 Å². The minimum absolute atomic E-state index is 0.147. The van der Waals surface area contributed by atoms with Crippen LogP contribution in [0.1, 0.15) is 12.5 Å². The van der Waals surface area contributed by atoms with E-state index in [1.165, 1.54) is 5.56 Å². The van der Waals surface area contributed by atoms with Crippen LogP contribution in [0.4, 0.5) is 0 Å². The van der Waals surface area contributed by atoms with Crippen molar-refractivity contribution in [3.8, 4) is 0 Å². The molecule has 0 amide bonds. The molecule has 1 fully saturated rings. The zero-order chi connectivity index (χ0) is 13.3. The third-order valence-electron chi connectivity index (χ3n) is 4.21. The summed E-state index contributed by atoms with van der Waals surface area (Å²) in [5, 5.41) is -0.147. The zero-order valence-corrected chi connectivity index (χ0v) is 12.1. The maximum Gasteiger partial charge on any atom is 0.492 e. The molecule has 0 N–H and O–H groups in total. The smallest absolute Gasteiger partial charge is 0.419 e. The van der Waals surface area contributed by atoms with Crippen molar-refractivity contribution >= 4 is 44.0 Å². The Hall–Kier alpha value is -0.535. The molecule has 2 unspecified atom stereocenters. The summed E-state index contributed by atoms with van der Waals surface area (Å²) in [7, 11) is 8.36. The van der Waals surface area contributed by atoms with E-state index in [1.54, 1.807) is 0 Å². The van der Waals surface area contributed by atoms with E-state index >= 15 is 0 Å². The normalized spacial score (nSPS) is 27.1. The van der Waals surface area contributed by atoms with Crippen LogP contribution in [0.25, 0.3) is 0 Å². The number of hydrogen-bond acceptors (Lipinski definition) is 2. The standard InChI is InChI=1S/C11H19B5O2/c1-2-7-3-5-8(6-4-7)16-17-10(13)9(12)11(14,15)18-16/h3-6,9-10H,2,12-15H2,1H3. The fourth-order valence-corrected chi connectivity index (χ4v) is 2.35. The van der Waals surface area contributed by atoms with Crippen LogP contribution in [0.5, 0.6) is 0 Å². The van der Waals surface area contributed by atoms with Crippen molar-refractivity contribution in [1.82, 2.24) is 0 Å². The average Bonchev–Trinajstić information content (AvgIpc) is 2.35. The molecule has 1 heterocycles. The highest BCUT2D eigenvalue weighted by molar-refractivity contribution is 6.64. The van der Waals surface area contributed by atoms with E-state index in [0.717, 1.165) is 11.9 Å². The fraction of sp³-hybridized carbons (Fsp3) is 0.455. The Morgan fingerprint density at radius 3 is 2.33 bits per heavy atom. The molecule has 0 spiro atoms. The number of aryl methyl sites for hydroxylation is 1. The van der Waals surface area contributed by atoms with E-state index in [-0.39, 0.29) is 18.5 Å². The second-order valence-corrected chi connectivity index (χ2v) is 5.78. The Labute approximate surface area is 114 Å². The second-order valence-electron chi connectivity index (χ2n) is 5.78. The summed E-state index contributed by atoms with van der Waals surface area (Å²) < 4.78 is 12.1. The third-order valence-corrected chi connectivity index (χ3v) is 4.21. The highest BCUT2D eigenvalue weighted by atomic mass is 16.6. The van der Waals surface area contributed by atoms with Crippen LogP contribution in [0, 0.1) is 0 Å². The minimum Gasteiger partial charge on any atom is -0.419 e. The van der Waals surface area contributed by atoms with E-state index in [9.17, 15) is 0 Å². The molecule has 0 radical (unpaired) electrons. The molecular formula is C11H19B5O2. The van der Waals surface area contributed by atoms with Gasteiger partial charge in [-0.2, -0.15) is 0 Å². The van der Waals surface area contributed by atoms with Gasteiger partial charge >= 0.3 is 7.12 Å². The highest BCUT2D eigenvalue weighted by Gasteiger charge is 2.42. The first-order chi connectivity index (χ1) is 8.44. The van der Waals surface area contributed by atoms with Gasteiger partial charge in [0, 0.05) is 6.00 Å². The van der Waals surface area contributed by atoms with Crippen molar-refractivity contribution in [2.75, 3.05) is 0 Å². The summed E-state index contributed by atoms with van der Waals surface area (Å²) in [6.45, 7) is 2.16. The molecule has 18 heavy (non-hydrogen) atoms. The molecule has 1 aliphatic heterocycles. The number of benzene rings is 1. The maximum absolute atomic E-state index is 6.09. The SMILES string of the molecule is BC1OB(c2ccc(CC)cc2)OC(B)(B)C1B. The van der Waals surface area contributed by atoms with Crippen LogP contribution in [-0.2, 0) is 15.7 Å². The van der Waals surface area contributed by atoms with E-state index in [0.29, 0.717) is 5.82 Å². The van der Waals surface area contributed by atoms with Gasteiger partial charge in [-0.25, -0.2) is 0 Å². The first-order valence-corrected chi connectivity index (χ1v) is 6.86. The molecule has 0 aliphatic carbocycles. The van der Waals surface area contributed by atoms with Crippen LogP contribution in [0.15, 0.2) is 24.3 Å². The van der Waals surface area contributed by atoms with E-state index < -0.39 is 0 Å². The van der Waals surface area contributed by atoms with E-state index in [4.69, 9.17) is 9.31 Å². The Morgan fingerprint density at radius 2 is 1.83 bits per heavy atom. The lowest BCUT2D eigenvalue weighted by Gasteiger charge is -2.45. The van der Waals surface area contributed by atoms with Crippen molar-refractivity contribution < 1.29 is 9.31 Å². The number of hydrogen-bond donors (Lipinski definition) is 0. The molecule has 1 saturated heterocycles. The summed E-state index contributed by atoms with van der Waals surface area (Å²) in [6.07, 6.45) is 1.06. The Kier molecular flexibility index (Phi) is 4.03. The van der Waals surface area contributed by atoms with Crippen LogP contribution < -0.4 is 5.46 Å². The lowest BCUT2D eigenvalue weighted by molar-refractivity contribution is 0.0770. The largest absolute Gasteiger partial charge is 0.492 e. The lowest BCUT2D eigenvalue weighted by Crippen LogP contribution is -2.59. The van der Waals surface area contributed by atoms with Gasteiger partial charge in [-0.05, 0) is 28.7 Å². The van der Waals surface area contributed by atoms with Crippen molar-refractivity contribution in [2.24, 2.45) is 0 Å². The average molecular weight is 237 g/mol. The van der Waals surface area contributed by atoms with Crippen molar-refractivity contribution in [3.05, 3.63) is 29.8 Å². The molecule has 0 aromatic heterocycles. The molecule has 0 bridgehead atoms. The molecular weight excluding hydrogens is 218 g/mol. The van der Waals surface area contributed by atoms with Crippen molar-refractivity contribution in [1.29, 1.82) is 0 Å². The van der Waals surface area contributed by atoms with Gasteiger partial charge in [0.05, 0.1) is 0 Å². The van der Waals surface area contributed by atoms with Crippen molar-refractivity contribution in [2.45, 2.75) is 30.6 Å². The monoisotopic (exact) mass is 238 g/mol. The summed E-state index contributed by atoms with van der Waals surface area (Å²) >= 11 is 0. The van der Waals surface area contributed by atoms with Gasteiger partial charge in [0.1, 0.15) is 31.4 Å². The van der Waals surface area contributed by atoms with Gasteiger partial charge < -0.3 is 9.31 Å². The van der Waals surface area contributed by atoms with Crippen molar-refractivity contribution in [3.63, 3.8) is 0 Å². The predicted molar refractivity (Wildman–Crippen MR) is 87.8 cm³/mol. The van der Waals surface area contributed by atoms with Gasteiger partial charge in [0.15, 0.2) is 0 Å². The molecule has 1 aromatic rings. The quantitative estimate of drug-likeness (QED) is 0.521. The lowest BCUT2D eigenvalue weighted by atomic mass is 9.46. The summed E-state index contributed by atoms with van der Waals surface area (Å²) in [6, 6.07) is 8.74. The molecule has 2 nitrogen and oxygen atoms in total. The van der Waals surface area contributed by atoms with Crippen LogP contribution in [-0.4, -0.2) is 49.9 Å². The third kappa shape index (κ3) is 2.72. The summed E-state index contributed by atoms with van der Waals surface area (Å²) in [4.78, 5) is 0. The predicted octanol–water partition coefficient (Wildman–Crippen LogP) is -2.71. The van der Waals surface area contributed by atoms with Crippen LogP contribution >= 0.6 is 0 Å². The molecule has 7 heteroatoms. The molecule has 2 atom stereocenters.